The van der Waals surface area contributed by atoms with E-state index in [2.05, 4.69) is 0 Å². The van der Waals surface area contributed by atoms with Gasteiger partial charge in [0.05, 0.1) is 7.11 Å². The molecule has 2 rings (SSSR count). The average molecular weight is 241 g/mol. The van der Waals surface area contributed by atoms with Gasteiger partial charge in [0, 0.05) is 0 Å². The highest BCUT2D eigenvalue weighted by Gasteiger charge is 2.16. The van der Waals surface area contributed by atoms with E-state index < -0.39 is 5.97 Å². The van der Waals surface area contributed by atoms with E-state index in [-0.39, 0.29) is 6.61 Å². The van der Waals surface area contributed by atoms with E-state index in [1.54, 1.807) is 6.07 Å². The van der Waals surface area contributed by atoms with Gasteiger partial charge in [-0.1, -0.05) is 30.3 Å². The predicted molar refractivity (Wildman–Crippen MR) is 66.4 cm³/mol. The first kappa shape index (κ1) is 11.9. The largest absolute Gasteiger partial charge is 0.478 e. The number of nitrogens with zero attached hydrogens (tertiary/aromatic N) is 1. The maximum absolute atomic E-state index is 11.8. The van der Waals surface area contributed by atoms with Crippen molar-refractivity contribution in [3.05, 3.63) is 42.0 Å². The average Bonchev–Trinajstić information content (AvgIpc) is 2.43. The molecule has 0 N–H and O–H groups in total. The summed E-state index contributed by atoms with van der Waals surface area (Å²) >= 11 is 0. The second kappa shape index (κ2) is 5.19. The highest BCUT2D eigenvalue weighted by atomic mass is 16.5. The smallest absolute Gasteiger partial charge is 0.342 e. The normalized spacial score (nSPS) is 9.78. The summed E-state index contributed by atoms with van der Waals surface area (Å²) < 4.78 is 10.0. The van der Waals surface area contributed by atoms with Crippen LogP contribution in [0, 0.1) is 11.3 Å². The molecule has 0 heterocycles. The first-order valence-corrected chi connectivity index (χ1v) is 5.37. The molecule has 0 aliphatic heterocycles. The molecule has 4 nitrogen and oxygen atoms in total. The van der Waals surface area contributed by atoms with E-state index in [9.17, 15) is 4.79 Å². The highest BCUT2D eigenvalue weighted by molar-refractivity contribution is 6.07. The highest BCUT2D eigenvalue weighted by Crippen LogP contribution is 2.28. The van der Waals surface area contributed by atoms with Gasteiger partial charge in [-0.05, 0) is 16.8 Å². The number of ether oxygens (including phenoxy) is 2. The molecule has 4 heteroatoms. The third kappa shape index (κ3) is 2.11. The van der Waals surface area contributed by atoms with Crippen LogP contribution in [0.1, 0.15) is 10.4 Å². The van der Waals surface area contributed by atoms with Gasteiger partial charge in [-0.15, -0.1) is 0 Å². The summed E-state index contributed by atoms with van der Waals surface area (Å²) in [6, 6.07) is 12.8. The van der Waals surface area contributed by atoms with E-state index in [1.165, 1.54) is 7.11 Å². The van der Waals surface area contributed by atoms with Gasteiger partial charge in [0.15, 0.2) is 6.61 Å². The second-order valence-electron chi connectivity index (χ2n) is 3.60. The molecule has 0 aromatic heterocycles. The lowest BCUT2D eigenvalue weighted by molar-refractivity contribution is 0.0599. The number of hydrogen-bond donors (Lipinski definition) is 0. The zero-order valence-electron chi connectivity index (χ0n) is 9.84. The van der Waals surface area contributed by atoms with Gasteiger partial charge in [0.25, 0.3) is 0 Å². The minimum absolute atomic E-state index is 0.109. The molecule has 0 bridgehead atoms. The Labute approximate surface area is 104 Å². The Balaban J connectivity index is 2.63. The van der Waals surface area contributed by atoms with E-state index in [1.807, 2.05) is 36.4 Å². The Morgan fingerprint density at radius 3 is 2.78 bits per heavy atom. The fraction of sp³-hybridized carbons (Fsp3) is 0.143. The molecule has 90 valence electrons. The Morgan fingerprint density at radius 1 is 1.28 bits per heavy atom. The number of benzene rings is 2. The molecule has 0 atom stereocenters. The van der Waals surface area contributed by atoms with Crippen LogP contribution in [0.15, 0.2) is 36.4 Å². The maximum Gasteiger partial charge on any atom is 0.342 e. The number of nitriles is 1. The van der Waals surface area contributed by atoms with Crippen molar-refractivity contribution in [3.8, 4) is 11.8 Å². The summed E-state index contributed by atoms with van der Waals surface area (Å²) in [6.07, 6.45) is 0. The van der Waals surface area contributed by atoms with Crippen molar-refractivity contribution in [2.24, 2.45) is 0 Å². The quantitative estimate of drug-likeness (QED) is 0.775. The number of methoxy groups -OCH3 is 1. The van der Waals surface area contributed by atoms with Crippen molar-refractivity contribution < 1.29 is 14.3 Å². The van der Waals surface area contributed by atoms with Gasteiger partial charge in [-0.3, -0.25) is 0 Å². The number of carbonyl (C=O) groups is 1. The standard InChI is InChI=1S/C14H11NO3/c1-17-14(16)13-11-5-3-2-4-10(11)6-7-12(13)18-9-8-15/h2-7H,9H2,1H3. The molecule has 0 unspecified atom stereocenters. The van der Waals surface area contributed by atoms with E-state index in [0.717, 1.165) is 10.8 Å². The third-order valence-electron chi connectivity index (χ3n) is 2.57. The Bertz CT molecular complexity index is 628. The van der Waals surface area contributed by atoms with Crippen molar-refractivity contribution >= 4 is 16.7 Å². The lowest BCUT2D eigenvalue weighted by atomic mass is 10.0. The van der Waals surface area contributed by atoms with Gasteiger partial charge in [-0.2, -0.15) is 5.26 Å². The molecule has 2 aromatic rings. The summed E-state index contributed by atoms with van der Waals surface area (Å²) in [5, 5.41) is 10.2. The SMILES string of the molecule is COC(=O)c1c(OCC#N)ccc2ccccc12. The van der Waals surface area contributed by atoms with Crippen LogP contribution in [0.2, 0.25) is 0 Å². The Morgan fingerprint density at radius 2 is 2.06 bits per heavy atom. The van der Waals surface area contributed by atoms with Crippen LogP contribution in [0.3, 0.4) is 0 Å². The first-order chi connectivity index (χ1) is 8.77. The van der Waals surface area contributed by atoms with Crippen molar-refractivity contribution in [2.45, 2.75) is 0 Å². The van der Waals surface area contributed by atoms with E-state index >= 15 is 0 Å². The summed E-state index contributed by atoms with van der Waals surface area (Å²) in [4.78, 5) is 11.8. The van der Waals surface area contributed by atoms with Crippen molar-refractivity contribution in [1.29, 1.82) is 5.26 Å². The molecule has 0 fully saturated rings. The fourth-order valence-corrected chi connectivity index (χ4v) is 1.79. The molecule has 2 aromatic carbocycles. The lowest BCUT2D eigenvalue weighted by Gasteiger charge is -2.10. The number of carbonyl (C=O) groups excluding carboxylic acids is 1. The van der Waals surface area contributed by atoms with Crippen LogP contribution in [-0.2, 0) is 4.74 Å². The van der Waals surface area contributed by atoms with Crippen LogP contribution in [0.25, 0.3) is 10.8 Å². The van der Waals surface area contributed by atoms with Gasteiger partial charge < -0.3 is 9.47 Å². The van der Waals surface area contributed by atoms with Crippen LogP contribution >= 0.6 is 0 Å². The third-order valence-corrected chi connectivity index (χ3v) is 2.57. The molecule has 0 amide bonds. The first-order valence-electron chi connectivity index (χ1n) is 5.37. The van der Waals surface area contributed by atoms with Crippen LogP contribution < -0.4 is 4.74 Å². The van der Waals surface area contributed by atoms with Crippen molar-refractivity contribution in [1.82, 2.24) is 0 Å². The van der Waals surface area contributed by atoms with Gasteiger partial charge in [-0.25, -0.2) is 4.79 Å². The minimum atomic E-state index is -0.472. The van der Waals surface area contributed by atoms with Gasteiger partial charge in [0.2, 0.25) is 0 Å². The van der Waals surface area contributed by atoms with E-state index in [0.29, 0.717) is 11.3 Å². The monoisotopic (exact) mass is 241 g/mol. The minimum Gasteiger partial charge on any atom is -0.478 e. The molecular weight excluding hydrogens is 230 g/mol. The number of esters is 1. The predicted octanol–water partition coefficient (Wildman–Crippen LogP) is 2.53. The van der Waals surface area contributed by atoms with Crippen molar-refractivity contribution in [3.63, 3.8) is 0 Å². The zero-order chi connectivity index (χ0) is 13.0. The summed E-state index contributed by atoms with van der Waals surface area (Å²) in [5.74, 6) is -0.109. The summed E-state index contributed by atoms with van der Waals surface area (Å²) in [6.45, 7) is -0.109. The second-order valence-corrected chi connectivity index (χ2v) is 3.60. The van der Waals surface area contributed by atoms with Gasteiger partial charge in [0.1, 0.15) is 17.4 Å². The van der Waals surface area contributed by atoms with Crippen molar-refractivity contribution in [2.75, 3.05) is 13.7 Å². The summed E-state index contributed by atoms with van der Waals surface area (Å²) in [5.41, 5.74) is 0.353. The molecule has 18 heavy (non-hydrogen) atoms. The summed E-state index contributed by atoms with van der Waals surface area (Å²) in [7, 11) is 1.32. The molecule has 0 spiro atoms. The number of rotatable bonds is 3. The molecular formula is C14H11NO3. The maximum atomic E-state index is 11.8. The molecule has 0 saturated heterocycles. The molecule has 0 radical (unpaired) electrons. The van der Waals surface area contributed by atoms with Crippen LogP contribution in [0.5, 0.6) is 5.75 Å². The zero-order valence-corrected chi connectivity index (χ0v) is 9.84. The topological polar surface area (TPSA) is 59.3 Å². The van der Waals surface area contributed by atoms with E-state index in [4.69, 9.17) is 14.7 Å². The number of fused-ring (bicyclic) bond motifs is 1. The lowest BCUT2D eigenvalue weighted by Crippen LogP contribution is -2.06. The Hall–Kier alpha value is -2.54. The molecule has 0 saturated carbocycles. The molecule has 0 aliphatic carbocycles. The molecule has 0 aliphatic rings. The van der Waals surface area contributed by atoms with Crippen LogP contribution in [-0.4, -0.2) is 19.7 Å². The van der Waals surface area contributed by atoms with Crippen LogP contribution in [0.4, 0.5) is 0 Å². The van der Waals surface area contributed by atoms with Gasteiger partial charge >= 0.3 is 5.97 Å². The Kier molecular flexibility index (Phi) is 3.44. The number of hydrogen-bond acceptors (Lipinski definition) is 4. The fourth-order valence-electron chi connectivity index (χ4n) is 1.79.